The van der Waals surface area contributed by atoms with Gasteiger partial charge in [-0.25, -0.2) is 13.6 Å². The zero-order valence-electron chi connectivity index (χ0n) is 9.11. The van der Waals surface area contributed by atoms with Crippen LogP contribution in [0.2, 0.25) is 5.02 Å². The van der Waals surface area contributed by atoms with Crippen molar-refractivity contribution in [2.24, 2.45) is 5.14 Å². The number of carbonyl (C=O) groups is 1. The predicted octanol–water partition coefficient (Wildman–Crippen LogP) is 1.64. The number of nitrogens with two attached hydrogens (primary N) is 1. The highest BCUT2D eigenvalue weighted by Crippen LogP contribution is 2.31. The van der Waals surface area contributed by atoms with Crippen LogP contribution in [0, 0.1) is 0 Å². The molecular weight excluding hydrogens is 344 g/mol. The average Bonchev–Trinajstić information content (AvgIpc) is 3.03. The van der Waals surface area contributed by atoms with E-state index in [2.05, 4.69) is 21.2 Å². The molecule has 18 heavy (non-hydrogen) atoms. The van der Waals surface area contributed by atoms with Gasteiger partial charge in [-0.05, 0) is 40.9 Å². The molecular formula is C10H10BrClN2O3S. The van der Waals surface area contributed by atoms with Gasteiger partial charge in [0, 0.05) is 11.6 Å². The lowest BCUT2D eigenvalue weighted by molar-refractivity contribution is 0.0951. The van der Waals surface area contributed by atoms with E-state index >= 15 is 0 Å². The number of rotatable bonds is 3. The van der Waals surface area contributed by atoms with Gasteiger partial charge in [-0.3, -0.25) is 4.79 Å². The molecule has 2 rings (SSSR count). The van der Waals surface area contributed by atoms with Crippen LogP contribution in [-0.4, -0.2) is 20.4 Å². The Morgan fingerprint density at radius 3 is 2.56 bits per heavy atom. The summed E-state index contributed by atoms with van der Waals surface area (Å²) in [6.07, 6.45) is 1.89. The largest absolute Gasteiger partial charge is 0.349 e. The second-order valence-corrected chi connectivity index (χ2v) is 6.79. The summed E-state index contributed by atoms with van der Waals surface area (Å²) in [4.78, 5) is 11.6. The first kappa shape index (κ1) is 13.8. The molecule has 0 spiro atoms. The maximum Gasteiger partial charge on any atom is 0.251 e. The van der Waals surface area contributed by atoms with Crippen molar-refractivity contribution in [3.8, 4) is 0 Å². The molecule has 0 radical (unpaired) electrons. The zero-order chi connectivity index (χ0) is 13.5. The summed E-state index contributed by atoms with van der Waals surface area (Å²) in [5, 5.41) is 7.94. The molecule has 0 unspecified atom stereocenters. The third-order valence-electron chi connectivity index (χ3n) is 2.48. The van der Waals surface area contributed by atoms with E-state index in [1.165, 1.54) is 12.1 Å². The van der Waals surface area contributed by atoms with E-state index < -0.39 is 10.0 Å². The average molecular weight is 354 g/mol. The van der Waals surface area contributed by atoms with E-state index in [0.29, 0.717) is 0 Å². The van der Waals surface area contributed by atoms with Gasteiger partial charge in [-0.1, -0.05) is 11.6 Å². The number of hydrogen-bond acceptors (Lipinski definition) is 3. The van der Waals surface area contributed by atoms with Gasteiger partial charge in [0.05, 0.1) is 14.4 Å². The molecule has 1 aromatic rings. The lowest BCUT2D eigenvalue weighted by Crippen LogP contribution is -2.26. The van der Waals surface area contributed by atoms with Crippen molar-refractivity contribution in [2.75, 3.05) is 0 Å². The molecule has 1 aliphatic rings. The molecule has 1 aliphatic carbocycles. The smallest absolute Gasteiger partial charge is 0.251 e. The Labute approximate surface area is 118 Å². The number of amides is 1. The fourth-order valence-corrected chi connectivity index (χ4v) is 3.23. The minimum Gasteiger partial charge on any atom is -0.349 e. The second kappa shape index (κ2) is 4.80. The minimum absolute atomic E-state index is 0.127. The number of sulfonamides is 1. The van der Waals surface area contributed by atoms with Crippen LogP contribution in [0.15, 0.2) is 21.5 Å². The Morgan fingerprint density at radius 1 is 1.44 bits per heavy atom. The molecule has 1 fully saturated rings. The van der Waals surface area contributed by atoms with Crippen molar-refractivity contribution in [3.63, 3.8) is 0 Å². The second-order valence-electron chi connectivity index (χ2n) is 4.06. The van der Waals surface area contributed by atoms with Gasteiger partial charge in [-0.15, -0.1) is 0 Å². The van der Waals surface area contributed by atoms with Gasteiger partial charge < -0.3 is 5.32 Å². The van der Waals surface area contributed by atoms with Crippen LogP contribution < -0.4 is 10.5 Å². The highest BCUT2D eigenvalue weighted by molar-refractivity contribution is 9.10. The van der Waals surface area contributed by atoms with Crippen molar-refractivity contribution in [1.29, 1.82) is 0 Å². The monoisotopic (exact) mass is 352 g/mol. The molecule has 0 bridgehead atoms. The molecule has 98 valence electrons. The molecule has 0 saturated heterocycles. The topological polar surface area (TPSA) is 89.3 Å². The maximum atomic E-state index is 11.8. The Bertz CT molecular complexity index is 614. The van der Waals surface area contributed by atoms with Crippen LogP contribution >= 0.6 is 27.5 Å². The summed E-state index contributed by atoms with van der Waals surface area (Å²) >= 11 is 8.91. The Morgan fingerprint density at radius 2 is 2.06 bits per heavy atom. The highest BCUT2D eigenvalue weighted by atomic mass is 79.9. The third kappa shape index (κ3) is 3.03. The number of hydrogen-bond donors (Lipinski definition) is 2. The lowest BCUT2D eigenvalue weighted by atomic mass is 10.2. The van der Waals surface area contributed by atoms with Crippen molar-refractivity contribution in [3.05, 3.63) is 27.2 Å². The van der Waals surface area contributed by atoms with E-state index in [1.807, 2.05) is 0 Å². The summed E-state index contributed by atoms with van der Waals surface area (Å²) in [5.41, 5.74) is 0.180. The number of benzene rings is 1. The fraction of sp³-hybridized carbons (Fsp3) is 0.300. The van der Waals surface area contributed by atoms with Crippen molar-refractivity contribution in [1.82, 2.24) is 5.32 Å². The van der Waals surface area contributed by atoms with Gasteiger partial charge in [0.2, 0.25) is 10.0 Å². The molecule has 3 N–H and O–H groups in total. The van der Waals surface area contributed by atoms with Crippen LogP contribution in [-0.2, 0) is 10.0 Å². The van der Waals surface area contributed by atoms with Crippen molar-refractivity contribution in [2.45, 2.75) is 23.8 Å². The normalized spacial score (nSPS) is 15.5. The van der Waals surface area contributed by atoms with E-state index in [0.717, 1.165) is 12.8 Å². The van der Waals surface area contributed by atoms with Crippen molar-refractivity contribution < 1.29 is 13.2 Å². The summed E-state index contributed by atoms with van der Waals surface area (Å²) in [5.74, 6) is -0.350. The predicted molar refractivity (Wildman–Crippen MR) is 71.0 cm³/mol. The molecule has 8 heteroatoms. The first-order valence-corrected chi connectivity index (χ1v) is 7.83. The fourth-order valence-electron chi connectivity index (χ4n) is 1.40. The molecule has 0 aliphatic heterocycles. The first-order chi connectivity index (χ1) is 8.29. The van der Waals surface area contributed by atoms with Crippen LogP contribution in [0.5, 0.6) is 0 Å². The zero-order valence-corrected chi connectivity index (χ0v) is 12.3. The third-order valence-corrected chi connectivity index (χ3v) is 5.05. The molecule has 0 atom stereocenters. The quantitative estimate of drug-likeness (QED) is 0.865. The van der Waals surface area contributed by atoms with Crippen LogP contribution in [0.4, 0.5) is 0 Å². The standard InChI is InChI=1S/C10H10BrClN2O3S/c11-9-7(12)3-5(4-8(9)18(13,16)17)10(15)14-6-1-2-6/h3-4,6H,1-2H2,(H,14,15)(H2,13,16,17). The van der Waals surface area contributed by atoms with E-state index in [4.69, 9.17) is 16.7 Å². The highest BCUT2D eigenvalue weighted by Gasteiger charge is 2.25. The summed E-state index contributed by atoms with van der Waals surface area (Å²) < 4.78 is 22.9. The molecule has 0 aromatic heterocycles. The summed E-state index contributed by atoms with van der Waals surface area (Å²) in [7, 11) is -3.94. The lowest BCUT2D eigenvalue weighted by Gasteiger charge is -2.08. The Balaban J connectivity index is 2.43. The molecule has 1 aromatic carbocycles. The molecule has 5 nitrogen and oxygen atoms in total. The molecule has 1 saturated carbocycles. The van der Waals surface area contributed by atoms with Crippen LogP contribution in [0.25, 0.3) is 0 Å². The molecule has 1 amide bonds. The minimum atomic E-state index is -3.94. The van der Waals surface area contributed by atoms with Gasteiger partial charge in [0.25, 0.3) is 5.91 Å². The van der Waals surface area contributed by atoms with Gasteiger partial charge >= 0.3 is 0 Å². The Hall–Kier alpha value is -0.630. The number of halogens is 2. The van der Waals surface area contributed by atoms with Gasteiger partial charge in [0.15, 0.2) is 0 Å². The van der Waals surface area contributed by atoms with E-state index in [9.17, 15) is 13.2 Å². The van der Waals surface area contributed by atoms with Gasteiger partial charge in [-0.2, -0.15) is 0 Å². The first-order valence-electron chi connectivity index (χ1n) is 5.12. The number of nitrogens with one attached hydrogen (secondary N) is 1. The van der Waals surface area contributed by atoms with Gasteiger partial charge in [0.1, 0.15) is 0 Å². The van der Waals surface area contributed by atoms with E-state index in [1.54, 1.807) is 0 Å². The number of primary sulfonamides is 1. The summed E-state index contributed by atoms with van der Waals surface area (Å²) in [6, 6.07) is 2.79. The molecule has 0 heterocycles. The Kier molecular flexibility index (Phi) is 3.68. The number of carbonyl (C=O) groups excluding carboxylic acids is 1. The van der Waals surface area contributed by atoms with Crippen LogP contribution in [0.3, 0.4) is 0 Å². The van der Waals surface area contributed by atoms with E-state index in [-0.39, 0.29) is 31.9 Å². The van der Waals surface area contributed by atoms with Crippen LogP contribution in [0.1, 0.15) is 23.2 Å². The SMILES string of the molecule is NS(=O)(=O)c1cc(C(=O)NC2CC2)cc(Cl)c1Br. The maximum absolute atomic E-state index is 11.8. The summed E-state index contributed by atoms with van der Waals surface area (Å²) in [6.45, 7) is 0. The van der Waals surface area contributed by atoms with Crippen molar-refractivity contribution >= 4 is 43.5 Å².